The minimum absolute atomic E-state index is 0.116. The van der Waals surface area contributed by atoms with Crippen LogP contribution in [0.2, 0.25) is 0 Å². The Kier molecular flexibility index (Phi) is 4.23. The van der Waals surface area contributed by atoms with Gasteiger partial charge >= 0.3 is 5.97 Å². The zero-order valence-corrected chi connectivity index (χ0v) is 14.8. The predicted octanol–water partition coefficient (Wildman–Crippen LogP) is 3.78. The second kappa shape index (κ2) is 6.46. The van der Waals surface area contributed by atoms with Crippen LogP contribution in [0.5, 0.6) is 5.75 Å². The van der Waals surface area contributed by atoms with Crippen LogP contribution in [0.25, 0.3) is 6.08 Å². The van der Waals surface area contributed by atoms with E-state index in [-0.39, 0.29) is 17.2 Å². The highest BCUT2D eigenvalue weighted by atomic mass is 19.1. The van der Waals surface area contributed by atoms with Crippen molar-refractivity contribution in [3.63, 3.8) is 0 Å². The van der Waals surface area contributed by atoms with Crippen LogP contribution in [0, 0.1) is 5.82 Å². The van der Waals surface area contributed by atoms with Crippen molar-refractivity contribution < 1.29 is 27.8 Å². The van der Waals surface area contributed by atoms with Crippen molar-refractivity contribution in [1.29, 1.82) is 0 Å². The molecule has 6 heteroatoms. The van der Waals surface area contributed by atoms with Crippen molar-refractivity contribution >= 4 is 12.0 Å². The van der Waals surface area contributed by atoms with Gasteiger partial charge in [0.2, 0.25) is 0 Å². The van der Waals surface area contributed by atoms with Gasteiger partial charge in [0.1, 0.15) is 23.5 Å². The summed E-state index contributed by atoms with van der Waals surface area (Å²) in [4.78, 5) is 11.9. The number of rotatable bonds is 5. The van der Waals surface area contributed by atoms with Crippen LogP contribution in [0.15, 0.2) is 53.9 Å². The van der Waals surface area contributed by atoms with Gasteiger partial charge in [-0.05, 0) is 29.4 Å². The molecule has 1 fully saturated rings. The average Bonchev–Trinajstić information content (AvgIpc) is 3.21. The lowest BCUT2D eigenvalue weighted by atomic mass is 9.81. The minimum atomic E-state index is -1.39. The molecule has 0 bridgehead atoms. The Balaban J connectivity index is 1.72. The fraction of sp³-hybridized carbons (Fsp3) is 0.286. The third-order valence-corrected chi connectivity index (χ3v) is 5.07. The molecule has 2 atom stereocenters. The number of carbonyl (C=O) groups is 1. The molecule has 3 aliphatic rings. The van der Waals surface area contributed by atoms with E-state index in [1.54, 1.807) is 6.07 Å². The number of methoxy groups -OCH3 is 1. The van der Waals surface area contributed by atoms with E-state index in [9.17, 15) is 9.18 Å². The summed E-state index contributed by atoms with van der Waals surface area (Å²) >= 11 is 0. The number of allylic oxidation sites excluding steroid dienone is 4. The molecule has 0 N–H and O–H groups in total. The molecule has 1 aliphatic heterocycles. The van der Waals surface area contributed by atoms with Gasteiger partial charge in [0.15, 0.2) is 0 Å². The molecule has 1 heterocycles. The summed E-state index contributed by atoms with van der Waals surface area (Å²) in [6, 6.07) is 2.87. The van der Waals surface area contributed by atoms with Crippen molar-refractivity contribution in [2.24, 2.45) is 0 Å². The summed E-state index contributed by atoms with van der Waals surface area (Å²) in [6.45, 7) is 4.78. The molecular weight excluding hydrogens is 354 g/mol. The van der Waals surface area contributed by atoms with E-state index >= 15 is 4.39 Å². The normalized spacial score (nSPS) is 25.7. The molecule has 1 aromatic carbocycles. The third kappa shape index (κ3) is 2.72. The van der Waals surface area contributed by atoms with E-state index in [1.807, 2.05) is 0 Å². The van der Waals surface area contributed by atoms with Crippen LogP contribution in [0.3, 0.4) is 0 Å². The maximum absolute atomic E-state index is 15.1. The van der Waals surface area contributed by atoms with Crippen LogP contribution in [0.4, 0.5) is 8.78 Å². The summed E-state index contributed by atoms with van der Waals surface area (Å²) in [5.41, 5.74) is -0.248. The van der Waals surface area contributed by atoms with E-state index in [4.69, 9.17) is 14.2 Å². The van der Waals surface area contributed by atoms with Crippen LogP contribution in [-0.4, -0.2) is 32.4 Å². The van der Waals surface area contributed by atoms with E-state index in [2.05, 4.69) is 6.58 Å². The molecule has 1 unspecified atom stereocenters. The summed E-state index contributed by atoms with van der Waals surface area (Å²) in [5.74, 6) is -1.43. The first kappa shape index (κ1) is 17.7. The molecule has 27 heavy (non-hydrogen) atoms. The van der Waals surface area contributed by atoms with Gasteiger partial charge in [-0.3, -0.25) is 0 Å². The molecule has 4 nitrogen and oxygen atoms in total. The van der Waals surface area contributed by atoms with Gasteiger partial charge in [-0.2, -0.15) is 0 Å². The van der Waals surface area contributed by atoms with Gasteiger partial charge < -0.3 is 14.2 Å². The monoisotopic (exact) mass is 372 g/mol. The Labute approximate surface area is 155 Å². The fourth-order valence-corrected chi connectivity index (χ4v) is 3.71. The van der Waals surface area contributed by atoms with Gasteiger partial charge in [-0.15, -0.1) is 0 Å². The Hall–Kier alpha value is -2.73. The quantitative estimate of drug-likeness (QED) is 0.738. The Bertz CT molecular complexity index is 922. The van der Waals surface area contributed by atoms with Gasteiger partial charge in [0.05, 0.1) is 31.3 Å². The van der Waals surface area contributed by atoms with Crippen molar-refractivity contribution in [3.8, 4) is 5.75 Å². The number of ether oxygens (including phenoxy) is 3. The SMILES string of the molecule is C=Cc1cc(O[C@@H]2CCOC2)cc(F)c1C12C=C1C(C(=O)OC)=CC=C2F. The summed E-state index contributed by atoms with van der Waals surface area (Å²) in [5, 5.41) is 0. The smallest absolute Gasteiger partial charge is 0.338 e. The first-order valence-corrected chi connectivity index (χ1v) is 8.62. The highest BCUT2D eigenvalue weighted by molar-refractivity contribution is 5.99. The van der Waals surface area contributed by atoms with Crippen molar-refractivity contribution in [2.45, 2.75) is 17.9 Å². The van der Waals surface area contributed by atoms with E-state index in [1.165, 1.54) is 37.5 Å². The summed E-state index contributed by atoms with van der Waals surface area (Å²) in [7, 11) is 1.25. The van der Waals surface area contributed by atoms with Gasteiger partial charge in [0.25, 0.3) is 0 Å². The minimum Gasteiger partial charge on any atom is -0.488 e. The second-order valence-electron chi connectivity index (χ2n) is 6.63. The molecule has 140 valence electrons. The maximum atomic E-state index is 15.1. The molecular formula is C21H18F2O4. The molecule has 0 aromatic heterocycles. The molecule has 1 saturated heterocycles. The number of esters is 1. The lowest BCUT2D eigenvalue weighted by Gasteiger charge is -2.24. The Morgan fingerprint density at radius 2 is 2.19 bits per heavy atom. The molecule has 0 spiro atoms. The van der Waals surface area contributed by atoms with Crippen molar-refractivity contribution in [3.05, 3.63) is 70.9 Å². The first-order valence-electron chi connectivity index (χ1n) is 8.62. The third-order valence-electron chi connectivity index (χ3n) is 5.07. The van der Waals surface area contributed by atoms with E-state index in [0.29, 0.717) is 30.1 Å². The van der Waals surface area contributed by atoms with Crippen LogP contribution >= 0.6 is 0 Å². The lowest BCUT2D eigenvalue weighted by molar-refractivity contribution is -0.135. The number of carbonyl (C=O) groups excluding carboxylic acids is 1. The average molecular weight is 372 g/mol. The topological polar surface area (TPSA) is 44.8 Å². The van der Waals surface area contributed by atoms with Gasteiger partial charge in [-0.1, -0.05) is 18.7 Å². The van der Waals surface area contributed by atoms with Crippen LogP contribution < -0.4 is 4.74 Å². The first-order chi connectivity index (χ1) is 13.0. The second-order valence-corrected chi connectivity index (χ2v) is 6.63. The summed E-state index contributed by atoms with van der Waals surface area (Å²) in [6.07, 6.45) is 6.10. The molecule has 0 amide bonds. The van der Waals surface area contributed by atoms with E-state index < -0.39 is 23.0 Å². The molecule has 0 saturated carbocycles. The molecule has 4 rings (SSSR count). The predicted molar refractivity (Wildman–Crippen MR) is 95.4 cm³/mol. The van der Waals surface area contributed by atoms with Crippen LogP contribution in [-0.2, 0) is 19.7 Å². The molecule has 2 aliphatic carbocycles. The summed E-state index contributed by atoms with van der Waals surface area (Å²) < 4.78 is 45.6. The zero-order valence-electron chi connectivity index (χ0n) is 14.8. The number of benzene rings is 1. The number of fused-ring (bicyclic) bond motifs is 1. The lowest BCUT2D eigenvalue weighted by Crippen LogP contribution is -2.22. The zero-order chi connectivity index (χ0) is 19.2. The highest BCUT2D eigenvalue weighted by Gasteiger charge is 2.56. The maximum Gasteiger partial charge on any atom is 0.338 e. The number of hydrogen-bond donors (Lipinski definition) is 0. The molecule has 1 aromatic rings. The van der Waals surface area contributed by atoms with Crippen molar-refractivity contribution in [1.82, 2.24) is 0 Å². The van der Waals surface area contributed by atoms with Gasteiger partial charge in [-0.25, -0.2) is 13.6 Å². The number of hydrogen-bond acceptors (Lipinski definition) is 4. The van der Waals surface area contributed by atoms with Crippen molar-refractivity contribution in [2.75, 3.05) is 20.3 Å². The number of halogens is 2. The molecule has 0 radical (unpaired) electrons. The fourth-order valence-electron chi connectivity index (χ4n) is 3.71. The van der Waals surface area contributed by atoms with Crippen LogP contribution in [0.1, 0.15) is 17.5 Å². The highest BCUT2D eigenvalue weighted by Crippen LogP contribution is 2.59. The Morgan fingerprint density at radius 3 is 2.85 bits per heavy atom. The standard InChI is InChI=1S/C21H18F2O4/c1-3-12-8-14(27-13-6-7-26-11-13)9-17(22)19(12)21-10-16(21)15(20(24)25-2)4-5-18(21)23/h3-5,8-10,13H,1,6-7,11H2,2H3/t13-,21?/m1/s1. The largest absolute Gasteiger partial charge is 0.488 e. The Morgan fingerprint density at radius 1 is 1.37 bits per heavy atom. The van der Waals surface area contributed by atoms with Gasteiger partial charge in [0, 0.05) is 18.1 Å². The van der Waals surface area contributed by atoms with E-state index in [0.717, 1.165) is 6.42 Å².